The molecule has 0 amide bonds. The Morgan fingerprint density at radius 2 is 2.25 bits per heavy atom. The van der Waals surface area contributed by atoms with Crippen LogP contribution < -0.4 is 0 Å². The van der Waals surface area contributed by atoms with Crippen LogP contribution in [0.25, 0.3) is 0 Å². The van der Waals surface area contributed by atoms with Gasteiger partial charge in [-0.3, -0.25) is 4.98 Å². The Morgan fingerprint density at radius 3 is 2.94 bits per heavy atom. The van der Waals surface area contributed by atoms with E-state index in [-0.39, 0.29) is 6.61 Å². The molecule has 1 aliphatic carbocycles. The molecule has 16 heavy (non-hydrogen) atoms. The first kappa shape index (κ1) is 11.6. The zero-order valence-electron chi connectivity index (χ0n) is 9.74. The maximum Gasteiger partial charge on any atom is 0.0962 e. The number of rotatable bonds is 2. The van der Waals surface area contributed by atoms with E-state index in [0.29, 0.717) is 5.69 Å². The third-order valence-corrected chi connectivity index (χ3v) is 3.31. The molecule has 0 saturated heterocycles. The van der Waals surface area contributed by atoms with Crippen LogP contribution in [0.2, 0.25) is 0 Å². The highest BCUT2D eigenvalue weighted by molar-refractivity contribution is 5.35. The minimum Gasteiger partial charge on any atom is -0.390 e. The van der Waals surface area contributed by atoms with Gasteiger partial charge in [-0.1, -0.05) is 13.3 Å². The van der Waals surface area contributed by atoms with Crippen LogP contribution in [-0.4, -0.2) is 15.2 Å². The molecule has 0 aromatic carbocycles. The summed E-state index contributed by atoms with van der Waals surface area (Å²) in [5, 5.41) is 19.2. The van der Waals surface area contributed by atoms with E-state index in [1.165, 1.54) is 11.1 Å². The van der Waals surface area contributed by atoms with Crippen LogP contribution >= 0.6 is 0 Å². The highest BCUT2D eigenvalue weighted by Crippen LogP contribution is 2.30. The van der Waals surface area contributed by atoms with Gasteiger partial charge in [0.05, 0.1) is 24.1 Å². The average molecular weight is 221 g/mol. The van der Waals surface area contributed by atoms with E-state index >= 15 is 0 Å². The molecule has 0 fully saturated rings. The molecule has 0 bridgehead atoms. The van der Waals surface area contributed by atoms with E-state index in [2.05, 4.69) is 11.9 Å². The third kappa shape index (κ3) is 2.11. The molecule has 2 rings (SSSR count). The zero-order chi connectivity index (χ0) is 11.5. The number of hydrogen-bond donors (Lipinski definition) is 2. The molecular formula is C13H19NO2. The van der Waals surface area contributed by atoms with Crippen molar-refractivity contribution in [3.8, 4) is 0 Å². The fourth-order valence-electron chi connectivity index (χ4n) is 2.44. The smallest absolute Gasteiger partial charge is 0.0962 e. The van der Waals surface area contributed by atoms with Crippen LogP contribution in [0.5, 0.6) is 0 Å². The van der Waals surface area contributed by atoms with Gasteiger partial charge in [-0.2, -0.15) is 0 Å². The van der Waals surface area contributed by atoms with Gasteiger partial charge in [-0.15, -0.1) is 0 Å². The average Bonchev–Trinajstić information content (AvgIpc) is 2.50. The molecular weight excluding hydrogens is 202 g/mol. The van der Waals surface area contributed by atoms with E-state index < -0.39 is 6.10 Å². The van der Waals surface area contributed by atoms with Crippen LogP contribution in [0, 0.1) is 0 Å². The maximum atomic E-state index is 10.0. The van der Waals surface area contributed by atoms with Gasteiger partial charge >= 0.3 is 0 Å². The van der Waals surface area contributed by atoms with Crippen molar-refractivity contribution in [1.82, 2.24) is 4.98 Å². The summed E-state index contributed by atoms with van der Waals surface area (Å²) < 4.78 is 0. The molecule has 0 saturated carbocycles. The van der Waals surface area contributed by atoms with Gasteiger partial charge in [0.15, 0.2) is 0 Å². The quantitative estimate of drug-likeness (QED) is 0.750. The van der Waals surface area contributed by atoms with Gasteiger partial charge in [0.1, 0.15) is 0 Å². The number of fused-ring (bicyclic) bond motifs is 1. The Morgan fingerprint density at radius 1 is 1.44 bits per heavy atom. The number of nitrogens with zero attached hydrogens (tertiary/aromatic N) is 1. The maximum absolute atomic E-state index is 10.0. The van der Waals surface area contributed by atoms with Crippen LogP contribution in [0.15, 0.2) is 6.07 Å². The SMILES string of the molecule is CCc1cc(CO)nc2c1CCCCC2O. The van der Waals surface area contributed by atoms with Gasteiger partial charge in [-0.05, 0) is 42.9 Å². The van der Waals surface area contributed by atoms with Gasteiger partial charge in [-0.25, -0.2) is 0 Å². The van der Waals surface area contributed by atoms with E-state index in [0.717, 1.165) is 37.8 Å². The zero-order valence-corrected chi connectivity index (χ0v) is 9.74. The summed E-state index contributed by atoms with van der Waals surface area (Å²) in [6, 6.07) is 1.97. The van der Waals surface area contributed by atoms with E-state index in [1.807, 2.05) is 6.07 Å². The summed E-state index contributed by atoms with van der Waals surface area (Å²) in [5.41, 5.74) is 3.93. The van der Waals surface area contributed by atoms with Gasteiger partial charge < -0.3 is 10.2 Å². The molecule has 3 nitrogen and oxygen atoms in total. The number of aromatic nitrogens is 1. The molecule has 1 heterocycles. The third-order valence-electron chi connectivity index (χ3n) is 3.31. The minimum atomic E-state index is -0.450. The molecule has 1 aromatic rings. The highest BCUT2D eigenvalue weighted by atomic mass is 16.3. The van der Waals surface area contributed by atoms with Crippen molar-refractivity contribution in [2.24, 2.45) is 0 Å². The number of aliphatic hydroxyl groups is 2. The first-order chi connectivity index (χ1) is 7.76. The molecule has 1 atom stereocenters. The van der Waals surface area contributed by atoms with Crippen molar-refractivity contribution in [2.75, 3.05) is 0 Å². The molecule has 1 unspecified atom stereocenters. The van der Waals surface area contributed by atoms with Crippen molar-refractivity contribution in [1.29, 1.82) is 0 Å². The lowest BCUT2D eigenvalue weighted by Gasteiger charge is -2.15. The Labute approximate surface area is 96.2 Å². The van der Waals surface area contributed by atoms with Gasteiger partial charge in [0.2, 0.25) is 0 Å². The fraction of sp³-hybridized carbons (Fsp3) is 0.615. The second-order valence-electron chi connectivity index (χ2n) is 4.41. The molecule has 0 spiro atoms. The summed E-state index contributed by atoms with van der Waals surface area (Å²) in [7, 11) is 0. The van der Waals surface area contributed by atoms with Crippen molar-refractivity contribution in [3.05, 3.63) is 28.6 Å². The lowest BCUT2D eigenvalue weighted by molar-refractivity contribution is 0.161. The molecule has 0 aliphatic heterocycles. The van der Waals surface area contributed by atoms with Gasteiger partial charge in [0.25, 0.3) is 0 Å². The number of aryl methyl sites for hydroxylation is 1. The predicted molar refractivity (Wildman–Crippen MR) is 62.1 cm³/mol. The highest BCUT2D eigenvalue weighted by Gasteiger charge is 2.20. The Bertz CT molecular complexity index is 376. The first-order valence-corrected chi connectivity index (χ1v) is 6.06. The normalized spacial score (nSPS) is 20.3. The van der Waals surface area contributed by atoms with Crippen LogP contribution in [0.4, 0.5) is 0 Å². The molecule has 2 N–H and O–H groups in total. The summed E-state index contributed by atoms with van der Waals surface area (Å²) in [6.45, 7) is 2.06. The fourth-order valence-corrected chi connectivity index (χ4v) is 2.44. The Kier molecular flexibility index (Phi) is 3.56. The summed E-state index contributed by atoms with van der Waals surface area (Å²) in [6.07, 6.45) is 4.46. The molecule has 3 heteroatoms. The van der Waals surface area contributed by atoms with E-state index in [1.54, 1.807) is 0 Å². The van der Waals surface area contributed by atoms with Crippen molar-refractivity contribution in [2.45, 2.75) is 51.7 Å². The summed E-state index contributed by atoms with van der Waals surface area (Å²) in [5.74, 6) is 0. The van der Waals surface area contributed by atoms with Crippen LogP contribution in [0.1, 0.15) is 54.8 Å². The topological polar surface area (TPSA) is 53.4 Å². The standard InChI is InChI=1S/C13H19NO2/c1-2-9-7-10(8-15)14-13-11(9)5-3-4-6-12(13)16/h7,12,15-16H,2-6,8H2,1H3. The summed E-state index contributed by atoms with van der Waals surface area (Å²) >= 11 is 0. The minimum absolute atomic E-state index is 0.0486. The number of aliphatic hydroxyl groups excluding tert-OH is 2. The largest absolute Gasteiger partial charge is 0.390 e. The second-order valence-corrected chi connectivity index (χ2v) is 4.41. The summed E-state index contributed by atoms with van der Waals surface area (Å²) in [4.78, 5) is 4.38. The van der Waals surface area contributed by atoms with Gasteiger partial charge in [0, 0.05) is 0 Å². The lowest BCUT2D eigenvalue weighted by Crippen LogP contribution is -2.08. The molecule has 1 aliphatic rings. The van der Waals surface area contributed by atoms with Crippen LogP contribution in [0.3, 0.4) is 0 Å². The first-order valence-electron chi connectivity index (χ1n) is 6.06. The Balaban J connectivity index is 2.51. The molecule has 88 valence electrons. The monoisotopic (exact) mass is 221 g/mol. The van der Waals surface area contributed by atoms with Crippen molar-refractivity contribution in [3.63, 3.8) is 0 Å². The Hall–Kier alpha value is -0.930. The lowest BCUT2D eigenvalue weighted by atomic mass is 9.98. The second kappa shape index (κ2) is 4.93. The van der Waals surface area contributed by atoms with Crippen molar-refractivity contribution >= 4 is 0 Å². The van der Waals surface area contributed by atoms with E-state index in [9.17, 15) is 10.2 Å². The molecule has 1 aromatic heterocycles. The predicted octanol–water partition coefficient (Wildman–Crippen LogP) is 1.90. The van der Waals surface area contributed by atoms with E-state index in [4.69, 9.17) is 0 Å². The van der Waals surface area contributed by atoms with Crippen molar-refractivity contribution < 1.29 is 10.2 Å². The number of hydrogen-bond acceptors (Lipinski definition) is 3. The van der Waals surface area contributed by atoms with Crippen LogP contribution in [-0.2, 0) is 19.4 Å². The number of pyridine rings is 1. The molecule has 0 radical (unpaired) electrons.